The standard InChI is InChI=1S/C19H20N4O4/c1-12-8-10-21(14(11-12)15-7-6-13(2)27-15)18-17(23(25)26)19(24)22-9-4-3-5-16(22)20-18/h3-7,9,12,14H,8,10-11H2,1-2H3. The number of aryl methyl sites for hydroxylation is 1. The van der Waals surface area contributed by atoms with E-state index in [1.807, 2.05) is 24.0 Å². The van der Waals surface area contributed by atoms with Crippen molar-refractivity contribution in [3.05, 3.63) is 68.5 Å². The number of fused-ring (bicyclic) bond motifs is 1. The maximum absolute atomic E-state index is 12.8. The quantitative estimate of drug-likeness (QED) is 0.519. The molecule has 0 spiro atoms. The molecule has 8 nitrogen and oxygen atoms in total. The Morgan fingerprint density at radius 1 is 1.30 bits per heavy atom. The van der Waals surface area contributed by atoms with Gasteiger partial charge in [-0.3, -0.25) is 19.3 Å². The molecule has 0 saturated carbocycles. The second-order valence-corrected chi connectivity index (χ2v) is 7.06. The zero-order chi connectivity index (χ0) is 19.1. The van der Waals surface area contributed by atoms with Gasteiger partial charge in [-0.2, -0.15) is 0 Å². The Morgan fingerprint density at radius 2 is 2.11 bits per heavy atom. The van der Waals surface area contributed by atoms with Crippen molar-refractivity contribution in [1.29, 1.82) is 0 Å². The van der Waals surface area contributed by atoms with E-state index in [1.165, 1.54) is 10.6 Å². The highest BCUT2D eigenvalue weighted by atomic mass is 16.6. The highest BCUT2D eigenvalue weighted by Crippen LogP contribution is 2.39. The number of anilines is 1. The molecule has 4 rings (SSSR count). The van der Waals surface area contributed by atoms with Crippen molar-refractivity contribution >= 4 is 17.2 Å². The Kier molecular flexibility index (Phi) is 4.18. The molecule has 8 heteroatoms. The van der Waals surface area contributed by atoms with Crippen molar-refractivity contribution in [2.75, 3.05) is 11.4 Å². The van der Waals surface area contributed by atoms with E-state index in [0.717, 1.165) is 24.4 Å². The van der Waals surface area contributed by atoms with Crippen LogP contribution in [0.25, 0.3) is 5.65 Å². The first-order valence-corrected chi connectivity index (χ1v) is 8.94. The predicted molar refractivity (Wildman–Crippen MR) is 100 cm³/mol. The van der Waals surface area contributed by atoms with E-state index in [0.29, 0.717) is 18.1 Å². The lowest BCUT2D eigenvalue weighted by Crippen LogP contribution is -2.38. The SMILES string of the molecule is Cc1ccc(C2CC(C)CCN2c2nc3ccccn3c(=O)c2[N+](=O)[O-])o1. The second-order valence-electron chi connectivity index (χ2n) is 7.06. The van der Waals surface area contributed by atoms with Crippen molar-refractivity contribution in [3.8, 4) is 0 Å². The van der Waals surface area contributed by atoms with Gasteiger partial charge < -0.3 is 9.32 Å². The Labute approximate surface area is 155 Å². The molecule has 2 atom stereocenters. The molecule has 0 aromatic carbocycles. The number of hydrogen-bond acceptors (Lipinski definition) is 6. The lowest BCUT2D eigenvalue weighted by molar-refractivity contribution is -0.385. The number of hydrogen-bond donors (Lipinski definition) is 0. The van der Waals surface area contributed by atoms with E-state index in [2.05, 4.69) is 11.9 Å². The Hall–Kier alpha value is -3.16. The van der Waals surface area contributed by atoms with Crippen LogP contribution in [0.1, 0.15) is 37.3 Å². The van der Waals surface area contributed by atoms with Gasteiger partial charge in [0, 0.05) is 12.7 Å². The fraction of sp³-hybridized carbons (Fsp3) is 0.368. The molecule has 0 bridgehead atoms. The van der Waals surface area contributed by atoms with Crippen LogP contribution in [-0.4, -0.2) is 20.9 Å². The first kappa shape index (κ1) is 17.3. The highest BCUT2D eigenvalue weighted by Gasteiger charge is 2.36. The molecule has 3 aromatic rings. The molecule has 0 aliphatic carbocycles. The van der Waals surface area contributed by atoms with Gasteiger partial charge in [-0.25, -0.2) is 4.98 Å². The summed E-state index contributed by atoms with van der Waals surface area (Å²) in [6, 6.07) is 8.65. The average molecular weight is 368 g/mol. The van der Waals surface area contributed by atoms with Crippen molar-refractivity contribution in [2.24, 2.45) is 5.92 Å². The van der Waals surface area contributed by atoms with Crippen LogP contribution in [0.2, 0.25) is 0 Å². The molecule has 3 aromatic heterocycles. The second kappa shape index (κ2) is 6.53. The van der Waals surface area contributed by atoms with Crippen LogP contribution in [0.4, 0.5) is 11.5 Å². The summed E-state index contributed by atoms with van der Waals surface area (Å²) in [5.41, 5.74) is -0.786. The van der Waals surface area contributed by atoms with Crippen LogP contribution in [0.15, 0.2) is 45.7 Å². The van der Waals surface area contributed by atoms with Gasteiger partial charge in [0.05, 0.1) is 11.0 Å². The zero-order valence-corrected chi connectivity index (χ0v) is 15.2. The lowest BCUT2D eigenvalue weighted by atomic mass is 9.91. The summed E-state index contributed by atoms with van der Waals surface area (Å²) in [6.45, 7) is 4.59. The Bertz CT molecular complexity index is 1070. The Balaban J connectivity index is 1.92. The van der Waals surface area contributed by atoms with Gasteiger partial charge in [0.1, 0.15) is 17.2 Å². The number of pyridine rings is 1. The fourth-order valence-corrected chi connectivity index (χ4v) is 3.73. The summed E-state index contributed by atoms with van der Waals surface area (Å²) in [5.74, 6) is 2.08. The molecule has 1 fully saturated rings. The molecule has 4 heterocycles. The van der Waals surface area contributed by atoms with Crippen LogP contribution in [0.5, 0.6) is 0 Å². The van der Waals surface area contributed by atoms with Crippen molar-refractivity contribution in [2.45, 2.75) is 32.7 Å². The van der Waals surface area contributed by atoms with Crippen LogP contribution < -0.4 is 10.5 Å². The summed E-state index contributed by atoms with van der Waals surface area (Å²) in [6.07, 6.45) is 3.14. The largest absolute Gasteiger partial charge is 0.464 e. The van der Waals surface area contributed by atoms with E-state index in [4.69, 9.17) is 4.42 Å². The smallest absolute Gasteiger partial charge is 0.376 e. The van der Waals surface area contributed by atoms with E-state index in [1.54, 1.807) is 18.2 Å². The van der Waals surface area contributed by atoms with Crippen LogP contribution >= 0.6 is 0 Å². The average Bonchev–Trinajstić information content (AvgIpc) is 3.07. The van der Waals surface area contributed by atoms with Crippen LogP contribution in [0.3, 0.4) is 0 Å². The summed E-state index contributed by atoms with van der Waals surface area (Å²) in [4.78, 5) is 30.2. The van der Waals surface area contributed by atoms with E-state index < -0.39 is 16.2 Å². The van der Waals surface area contributed by atoms with Gasteiger partial charge >= 0.3 is 11.2 Å². The number of rotatable bonds is 3. The molecular formula is C19H20N4O4. The normalized spacial score (nSPS) is 20.1. The topological polar surface area (TPSA) is 93.9 Å². The summed E-state index contributed by atoms with van der Waals surface area (Å²) in [7, 11) is 0. The van der Waals surface area contributed by atoms with Crippen LogP contribution in [-0.2, 0) is 0 Å². The monoisotopic (exact) mass is 368 g/mol. The molecule has 0 amide bonds. The van der Waals surface area contributed by atoms with Gasteiger partial charge in [0.25, 0.3) is 0 Å². The highest BCUT2D eigenvalue weighted by molar-refractivity contribution is 5.62. The third kappa shape index (κ3) is 2.97. The summed E-state index contributed by atoms with van der Waals surface area (Å²) in [5, 5.41) is 11.7. The maximum atomic E-state index is 12.8. The van der Waals surface area contributed by atoms with Gasteiger partial charge in [0.2, 0.25) is 5.82 Å². The summed E-state index contributed by atoms with van der Waals surface area (Å²) >= 11 is 0. The number of nitrogens with zero attached hydrogens (tertiary/aromatic N) is 4. The van der Waals surface area contributed by atoms with Crippen molar-refractivity contribution in [1.82, 2.24) is 9.38 Å². The fourth-order valence-electron chi connectivity index (χ4n) is 3.73. The molecule has 140 valence electrons. The zero-order valence-electron chi connectivity index (χ0n) is 15.2. The predicted octanol–water partition coefficient (Wildman–Crippen LogP) is 3.48. The molecule has 1 aliphatic heterocycles. The van der Waals surface area contributed by atoms with Crippen LogP contribution in [0, 0.1) is 23.0 Å². The number of furan rings is 1. The van der Waals surface area contributed by atoms with Gasteiger partial charge in [-0.1, -0.05) is 13.0 Å². The third-order valence-corrected chi connectivity index (χ3v) is 5.10. The van der Waals surface area contributed by atoms with Crippen molar-refractivity contribution in [3.63, 3.8) is 0 Å². The minimum atomic E-state index is -0.673. The lowest BCUT2D eigenvalue weighted by Gasteiger charge is -2.37. The van der Waals surface area contributed by atoms with Gasteiger partial charge in [-0.05, 0) is 49.9 Å². The maximum Gasteiger partial charge on any atom is 0.376 e. The summed E-state index contributed by atoms with van der Waals surface area (Å²) < 4.78 is 7.03. The minimum absolute atomic E-state index is 0.113. The molecule has 1 saturated heterocycles. The number of nitro groups is 1. The number of piperidine rings is 1. The van der Waals surface area contributed by atoms with Gasteiger partial charge in [0.15, 0.2) is 0 Å². The first-order chi connectivity index (χ1) is 13.0. The van der Waals surface area contributed by atoms with E-state index >= 15 is 0 Å². The van der Waals surface area contributed by atoms with Gasteiger partial charge in [-0.15, -0.1) is 0 Å². The van der Waals surface area contributed by atoms with E-state index in [-0.39, 0.29) is 11.9 Å². The molecule has 2 unspecified atom stereocenters. The minimum Gasteiger partial charge on any atom is -0.464 e. The molecule has 0 radical (unpaired) electrons. The number of aromatic nitrogens is 2. The molecule has 0 N–H and O–H groups in total. The molecule has 1 aliphatic rings. The molecular weight excluding hydrogens is 348 g/mol. The first-order valence-electron chi connectivity index (χ1n) is 8.94. The third-order valence-electron chi connectivity index (χ3n) is 5.10. The molecule has 27 heavy (non-hydrogen) atoms. The van der Waals surface area contributed by atoms with Crippen molar-refractivity contribution < 1.29 is 9.34 Å². The van der Waals surface area contributed by atoms with E-state index in [9.17, 15) is 14.9 Å². The Morgan fingerprint density at radius 3 is 2.81 bits per heavy atom.